The molecule has 3 N–H and O–H groups in total. The normalized spacial score (nSPS) is 21.7. The van der Waals surface area contributed by atoms with Gasteiger partial charge in [0.1, 0.15) is 0 Å². The number of rotatable bonds is 3. The van der Waals surface area contributed by atoms with Gasteiger partial charge in [0, 0.05) is 25.2 Å². The summed E-state index contributed by atoms with van der Waals surface area (Å²) < 4.78 is 0. The van der Waals surface area contributed by atoms with E-state index >= 15 is 0 Å². The zero-order valence-electron chi connectivity index (χ0n) is 12.4. The average Bonchev–Trinajstić information content (AvgIpc) is 2.41. The van der Waals surface area contributed by atoms with Gasteiger partial charge in [-0.05, 0) is 43.9 Å². The Morgan fingerprint density at radius 3 is 2.57 bits per heavy atom. The molecule has 5 nitrogen and oxygen atoms in total. The lowest BCUT2D eigenvalue weighted by molar-refractivity contribution is 0.118. The Balaban J connectivity index is 1.97. The number of carbonyl (C=O) groups is 1. The number of aliphatic hydroxyl groups is 1. The van der Waals surface area contributed by atoms with Gasteiger partial charge in [-0.3, -0.25) is 0 Å². The van der Waals surface area contributed by atoms with Gasteiger partial charge in [0.25, 0.3) is 0 Å². The van der Waals surface area contributed by atoms with Crippen LogP contribution in [0.3, 0.4) is 0 Å². The number of nitrogens with one attached hydrogen (secondary N) is 2. The molecular weight excluding hydrogens is 290 g/mol. The molecule has 0 radical (unpaired) electrons. The second-order valence-corrected chi connectivity index (χ2v) is 6.10. The van der Waals surface area contributed by atoms with Gasteiger partial charge >= 0.3 is 6.03 Å². The van der Waals surface area contributed by atoms with Crippen molar-refractivity contribution in [3.63, 3.8) is 0 Å². The van der Waals surface area contributed by atoms with Gasteiger partial charge in [-0.15, -0.1) is 0 Å². The molecule has 116 valence electrons. The van der Waals surface area contributed by atoms with Gasteiger partial charge in [-0.25, -0.2) is 4.79 Å². The molecule has 21 heavy (non-hydrogen) atoms. The topological polar surface area (TPSA) is 64.6 Å². The van der Waals surface area contributed by atoms with E-state index in [4.69, 9.17) is 11.6 Å². The minimum absolute atomic E-state index is 0.121. The first-order valence-corrected chi connectivity index (χ1v) is 7.56. The fraction of sp³-hybridized carbons (Fsp3) is 0.533. The van der Waals surface area contributed by atoms with Crippen LogP contribution in [-0.4, -0.2) is 37.4 Å². The number of nitrogens with zero attached hydrogens (tertiary/aromatic N) is 1. The van der Waals surface area contributed by atoms with E-state index in [-0.39, 0.29) is 18.2 Å². The van der Waals surface area contributed by atoms with Crippen LogP contribution in [0.1, 0.15) is 25.7 Å². The Morgan fingerprint density at radius 2 is 1.95 bits per heavy atom. The predicted octanol–water partition coefficient (Wildman–Crippen LogP) is 2.83. The van der Waals surface area contributed by atoms with E-state index in [1.54, 1.807) is 12.1 Å². The van der Waals surface area contributed by atoms with E-state index in [9.17, 15) is 9.90 Å². The lowest BCUT2D eigenvalue weighted by atomic mass is 9.93. The van der Waals surface area contributed by atoms with Crippen LogP contribution >= 0.6 is 11.6 Å². The van der Waals surface area contributed by atoms with Crippen molar-refractivity contribution in [1.29, 1.82) is 0 Å². The van der Waals surface area contributed by atoms with Gasteiger partial charge in [0.05, 0.1) is 17.5 Å². The number of amides is 2. The number of halogens is 1. The molecule has 2 rings (SSSR count). The number of urea groups is 1. The van der Waals surface area contributed by atoms with Gasteiger partial charge in [0.2, 0.25) is 0 Å². The van der Waals surface area contributed by atoms with Crippen LogP contribution in [0.2, 0.25) is 5.02 Å². The number of carbonyl (C=O) groups excluding carboxylic acids is 1. The molecule has 0 atom stereocenters. The molecule has 0 bridgehead atoms. The fourth-order valence-electron chi connectivity index (χ4n) is 2.56. The van der Waals surface area contributed by atoms with Crippen molar-refractivity contribution >= 4 is 29.0 Å². The predicted molar refractivity (Wildman–Crippen MR) is 86.2 cm³/mol. The van der Waals surface area contributed by atoms with Gasteiger partial charge < -0.3 is 20.6 Å². The standard InChI is InChI=1S/C15H22ClN3O2/c1-19(2)14-8-3-10(16)9-13(14)18-15(21)17-11-4-6-12(20)7-5-11/h3,8-9,11-12,20H,4-7H2,1-2H3,(H2,17,18,21). The van der Waals surface area contributed by atoms with Crippen molar-refractivity contribution in [2.24, 2.45) is 0 Å². The molecule has 1 aromatic rings. The zero-order chi connectivity index (χ0) is 15.4. The summed E-state index contributed by atoms with van der Waals surface area (Å²) in [6.07, 6.45) is 2.88. The summed E-state index contributed by atoms with van der Waals surface area (Å²) >= 11 is 5.99. The highest BCUT2D eigenvalue weighted by atomic mass is 35.5. The minimum Gasteiger partial charge on any atom is -0.393 e. The summed E-state index contributed by atoms with van der Waals surface area (Å²) in [5.74, 6) is 0. The van der Waals surface area contributed by atoms with E-state index in [1.165, 1.54) is 0 Å². The van der Waals surface area contributed by atoms with Crippen LogP contribution in [0.25, 0.3) is 0 Å². The quantitative estimate of drug-likeness (QED) is 0.804. The zero-order valence-corrected chi connectivity index (χ0v) is 13.2. The van der Waals surface area contributed by atoms with E-state index in [0.717, 1.165) is 31.4 Å². The maximum absolute atomic E-state index is 12.1. The summed E-state index contributed by atoms with van der Waals surface area (Å²) in [5, 5.41) is 15.9. The average molecular weight is 312 g/mol. The molecule has 6 heteroatoms. The fourth-order valence-corrected chi connectivity index (χ4v) is 2.73. The van der Waals surface area contributed by atoms with Crippen molar-refractivity contribution in [1.82, 2.24) is 5.32 Å². The summed E-state index contributed by atoms with van der Waals surface area (Å²) in [5.41, 5.74) is 1.58. The van der Waals surface area contributed by atoms with Gasteiger partial charge in [-0.1, -0.05) is 11.6 Å². The second-order valence-electron chi connectivity index (χ2n) is 5.66. The highest BCUT2D eigenvalue weighted by molar-refractivity contribution is 6.31. The Morgan fingerprint density at radius 1 is 1.29 bits per heavy atom. The summed E-state index contributed by atoms with van der Waals surface area (Å²) in [7, 11) is 3.82. The number of hydrogen-bond acceptors (Lipinski definition) is 3. The molecule has 0 spiro atoms. The number of anilines is 2. The van der Waals surface area contributed by atoms with E-state index < -0.39 is 0 Å². The lowest BCUT2D eigenvalue weighted by Crippen LogP contribution is -2.41. The van der Waals surface area contributed by atoms with E-state index in [2.05, 4.69) is 10.6 Å². The van der Waals surface area contributed by atoms with Crippen molar-refractivity contribution in [2.75, 3.05) is 24.3 Å². The molecule has 1 saturated carbocycles. The van der Waals surface area contributed by atoms with Crippen LogP contribution < -0.4 is 15.5 Å². The van der Waals surface area contributed by atoms with Crippen LogP contribution in [0, 0.1) is 0 Å². The maximum Gasteiger partial charge on any atom is 0.319 e. The minimum atomic E-state index is -0.234. The molecule has 1 aliphatic carbocycles. The monoisotopic (exact) mass is 311 g/mol. The third-order valence-electron chi connectivity index (χ3n) is 3.72. The Bertz CT molecular complexity index is 500. The van der Waals surface area contributed by atoms with Crippen LogP contribution in [0.4, 0.5) is 16.2 Å². The highest BCUT2D eigenvalue weighted by Gasteiger charge is 2.21. The molecule has 1 aromatic carbocycles. The molecule has 0 unspecified atom stereocenters. The van der Waals surface area contributed by atoms with Crippen molar-refractivity contribution in [3.05, 3.63) is 23.2 Å². The molecule has 0 saturated heterocycles. The first kappa shape index (κ1) is 15.9. The summed E-state index contributed by atoms with van der Waals surface area (Å²) in [6.45, 7) is 0. The Kier molecular flexibility index (Phi) is 5.31. The highest BCUT2D eigenvalue weighted by Crippen LogP contribution is 2.28. The van der Waals surface area contributed by atoms with Crippen molar-refractivity contribution < 1.29 is 9.90 Å². The number of aliphatic hydroxyl groups excluding tert-OH is 1. The molecule has 0 aliphatic heterocycles. The number of hydrogen-bond donors (Lipinski definition) is 3. The maximum atomic E-state index is 12.1. The van der Waals surface area contributed by atoms with Crippen molar-refractivity contribution in [3.8, 4) is 0 Å². The van der Waals surface area contributed by atoms with E-state index in [1.807, 2.05) is 25.1 Å². The Hall–Kier alpha value is -1.46. The molecule has 0 heterocycles. The molecule has 0 aromatic heterocycles. The first-order valence-electron chi connectivity index (χ1n) is 7.18. The second kappa shape index (κ2) is 7.00. The molecule has 1 fully saturated rings. The van der Waals surface area contributed by atoms with Gasteiger partial charge in [-0.2, -0.15) is 0 Å². The third kappa shape index (κ3) is 4.51. The first-order chi connectivity index (χ1) is 9.95. The van der Waals surface area contributed by atoms with Crippen LogP contribution in [0.5, 0.6) is 0 Å². The largest absolute Gasteiger partial charge is 0.393 e. The van der Waals surface area contributed by atoms with Gasteiger partial charge in [0.15, 0.2) is 0 Å². The SMILES string of the molecule is CN(C)c1ccc(Cl)cc1NC(=O)NC1CCC(O)CC1. The third-order valence-corrected chi connectivity index (χ3v) is 3.96. The van der Waals surface area contributed by atoms with Crippen molar-refractivity contribution in [2.45, 2.75) is 37.8 Å². The number of benzene rings is 1. The summed E-state index contributed by atoms with van der Waals surface area (Å²) in [4.78, 5) is 14.0. The Labute approximate surface area is 130 Å². The molecule has 1 aliphatic rings. The van der Waals surface area contributed by atoms with Crippen LogP contribution in [-0.2, 0) is 0 Å². The lowest BCUT2D eigenvalue weighted by Gasteiger charge is -2.26. The van der Waals surface area contributed by atoms with Crippen LogP contribution in [0.15, 0.2) is 18.2 Å². The van der Waals surface area contributed by atoms with E-state index in [0.29, 0.717) is 10.7 Å². The molecule has 2 amide bonds. The molecular formula is C15H22ClN3O2. The smallest absolute Gasteiger partial charge is 0.319 e. The summed E-state index contributed by atoms with van der Waals surface area (Å²) in [6, 6.07) is 5.29.